The lowest BCUT2D eigenvalue weighted by Crippen LogP contribution is -2.37. The molecule has 1 aliphatic rings. The first kappa shape index (κ1) is 12.9. The molecule has 2 aromatic carbocycles. The van der Waals surface area contributed by atoms with E-state index in [1.165, 1.54) is 0 Å². The Bertz CT molecular complexity index is 707. The van der Waals surface area contributed by atoms with Gasteiger partial charge in [-0.1, -0.05) is 54.6 Å². The molecule has 0 bridgehead atoms. The molecular formula is C17H17NO2. The van der Waals surface area contributed by atoms with Gasteiger partial charge in [-0.25, -0.2) is 0 Å². The Morgan fingerprint density at radius 1 is 1.25 bits per heavy atom. The number of hydrogen-bond donors (Lipinski definition) is 0. The van der Waals surface area contributed by atoms with E-state index in [0.29, 0.717) is 12.8 Å². The first-order chi connectivity index (χ1) is 9.50. The number of rotatable bonds is 2. The highest BCUT2D eigenvalue weighted by Gasteiger charge is 2.49. The van der Waals surface area contributed by atoms with Crippen LogP contribution in [0.5, 0.6) is 0 Å². The van der Waals surface area contributed by atoms with Crippen LogP contribution in [0.2, 0.25) is 0 Å². The second-order valence-corrected chi connectivity index (χ2v) is 5.91. The molecule has 1 aliphatic carbocycles. The van der Waals surface area contributed by atoms with Gasteiger partial charge >= 0.3 is 0 Å². The molecule has 2 aromatic rings. The van der Waals surface area contributed by atoms with Gasteiger partial charge in [-0.2, -0.15) is 0 Å². The van der Waals surface area contributed by atoms with E-state index >= 15 is 0 Å². The molecule has 0 heterocycles. The third-order valence-corrected chi connectivity index (χ3v) is 4.50. The molecule has 3 nitrogen and oxygen atoms in total. The summed E-state index contributed by atoms with van der Waals surface area (Å²) < 4.78 is 0. The molecule has 0 N–H and O–H groups in total. The van der Waals surface area contributed by atoms with E-state index in [4.69, 9.17) is 0 Å². The minimum absolute atomic E-state index is 0.145. The third kappa shape index (κ3) is 1.90. The smallest absolute Gasteiger partial charge is 0.226 e. The van der Waals surface area contributed by atoms with Crippen LogP contribution in [0.4, 0.5) is 0 Å². The number of benzene rings is 2. The highest BCUT2D eigenvalue weighted by atomic mass is 16.6. The minimum atomic E-state index is -0.573. The van der Waals surface area contributed by atoms with Crippen molar-refractivity contribution in [1.29, 1.82) is 0 Å². The van der Waals surface area contributed by atoms with E-state index in [9.17, 15) is 10.1 Å². The molecule has 20 heavy (non-hydrogen) atoms. The van der Waals surface area contributed by atoms with Gasteiger partial charge < -0.3 is 0 Å². The predicted molar refractivity (Wildman–Crippen MR) is 80.5 cm³/mol. The molecule has 3 heteroatoms. The maximum Gasteiger partial charge on any atom is 0.226 e. The monoisotopic (exact) mass is 267 g/mol. The first-order valence-electron chi connectivity index (χ1n) is 6.80. The van der Waals surface area contributed by atoms with Crippen molar-refractivity contribution in [3.05, 3.63) is 70.3 Å². The average molecular weight is 267 g/mol. The molecule has 0 unspecified atom stereocenters. The maximum atomic E-state index is 11.4. The molecular weight excluding hydrogens is 250 g/mol. The van der Waals surface area contributed by atoms with E-state index < -0.39 is 11.5 Å². The van der Waals surface area contributed by atoms with Crippen molar-refractivity contribution >= 4 is 10.8 Å². The van der Waals surface area contributed by atoms with Crippen molar-refractivity contribution in [2.24, 2.45) is 0 Å². The molecule has 0 amide bonds. The maximum absolute atomic E-state index is 11.4. The molecule has 1 fully saturated rings. The lowest BCUT2D eigenvalue weighted by molar-refractivity contribution is -0.530. The largest absolute Gasteiger partial charge is 0.264 e. The predicted octanol–water partition coefficient (Wildman–Crippen LogP) is 4.09. The molecule has 0 aromatic heterocycles. The Hall–Kier alpha value is -2.16. The van der Waals surface area contributed by atoms with Gasteiger partial charge in [0.1, 0.15) is 0 Å². The van der Waals surface area contributed by atoms with Crippen LogP contribution in [0, 0.1) is 10.1 Å². The van der Waals surface area contributed by atoms with Gasteiger partial charge in [-0.05, 0) is 29.7 Å². The second kappa shape index (κ2) is 4.44. The van der Waals surface area contributed by atoms with Crippen LogP contribution in [-0.2, 0) is 5.41 Å². The van der Waals surface area contributed by atoms with E-state index in [0.717, 1.165) is 21.9 Å². The van der Waals surface area contributed by atoms with Crippen LogP contribution in [-0.4, -0.2) is 11.0 Å². The summed E-state index contributed by atoms with van der Waals surface area (Å²) >= 11 is 0. The van der Waals surface area contributed by atoms with Crippen molar-refractivity contribution < 1.29 is 4.92 Å². The van der Waals surface area contributed by atoms with Gasteiger partial charge in [0.15, 0.2) is 0 Å². The highest BCUT2D eigenvalue weighted by Crippen LogP contribution is 2.45. The van der Waals surface area contributed by atoms with Crippen LogP contribution in [0.1, 0.15) is 25.3 Å². The van der Waals surface area contributed by atoms with Crippen molar-refractivity contribution in [2.45, 2.75) is 31.2 Å². The fourth-order valence-corrected chi connectivity index (χ4v) is 3.35. The fraction of sp³-hybridized carbons (Fsp3) is 0.294. The molecule has 0 radical (unpaired) electrons. The summed E-state index contributed by atoms with van der Waals surface area (Å²) in [6.07, 6.45) is 1.17. The topological polar surface area (TPSA) is 43.1 Å². The lowest BCUT2D eigenvalue weighted by Gasteiger charge is -2.26. The molecule has 0 saturated heterocycles. The van der Waals surface area contributed by atoms with Crippen LogP contribution in [0.3, 0.4) is 0 Å². The average Bonchev–Trinajstić information content (AvgIpc) is 2.75. The van der Waals surface area contributed by atoms with Gasteiger partial charge in [0.25, 0.3) is 0 Å². The summed E-state index contributed by atoms with van der Waals surface area (Å²) in [6, 6.07) is 13.7. The second-order valence-electron chi connectivity index (χ2n) is 5.91. The van der Waals surface area contributed by atoms with Crippen molar-refractivity contribution in [3.8, 4) is 0 Å². The van der Waals surface area contributed by atoms with Gasteiger partial charge in [0, 0.05) is 11.3 Å². The highest BCUT2D eigenvalue weighted by molar-refractivity contribution is 5.83. The van der Waals surface area contributed by atoms with Crippen molar-refractivity contribution in [1.82, 2.24) is 0 Å². The fourth-order valence-electron chi connectivity index (χ4n) is 3.35. The molecule has 3 rings (SSSR count). The van der Waals surface area contributed by atoms with Crippen molar-refractivity contribution in [2.75, 3.05) is 0 Å². The van der Waals surface area contributed by atoms with Gasteiger partial charge in [0.2, 0.25) is 6.04 Å². The Kier molecular flexibility index (Phi) is 2.85. The summed E-state index contributed by atoms with van der Waals surface area (Å²) in [7, 11) is 0. The third-order valence-electron chi connectivity index (χ3n) is 4.50. The van der Waals surface area contributed by atoms with Crippen LogP contribution in [0.25, 0.3) is 10.8 Å². The first-order valence-corrected chi connectivity index (χ1v) is 6.80. The minimum Gasteiger partial charge on any atom is -0.264 e. The van der Waals surface area contributed by atoms with Crippen LogP contribution in [0.15, 0.2) is 54.6 Å². The van der Waals surface area contributed by atoms with Crippen LogP contribution < -0.4 is 0 Å². The van der Waals surface area contributed by atoms with Crippen LogP contribution >= 0.6 is 0 Å². The Balaban J connectivity index is 2.12. The van der Waals surface area contributed by atoms with E-state index in [1.54, 1.807) is 0 Å². The molecule has 2 atom stereocenters. The van der Waals surface area contributed by atoms with Gasteiger partial charge in [-0.15, -0.1) is 0 Å². The number of fused-ring (bicyclic) bond motifs is 1. The Morgan fingerprint density at radius 3 is 2.65 bits per heavy atom. The SMILES string of the molecule is C=C1C[C@H]([N+](=O)[O-])[C@@](C)(c2ccc3ccccc3c2)C1. The summed E-state index contributed by atoms with van der Waals surface area (Å²) in [5.41, 5.74) is 1.56. The molecule has 102 valence electrons. The van der Waals surface area contributed by atoms with E-state index in [2.05, 4.69) is 18.7 Å². The lowest BCUT2D eigenvalue weighted by atomic mass is 9.77. The number of nitrogens with zero attached hydrogens (tertiary/aromatic N) is 1. The standard InChI is InChI=1S/C17H17NO2/c1-12-9-16(18(19)20)17(2,11-12)15-8-7-13-5-3-4-6-14(13)10-15/h3-8,10,16H,1,9,11H2,2H3/t16-,17+/m0/s1. The molecule has 0 aliphatic heterocycles. The quantitative estimate of drug-likeness (QED) is 0.467. The summed E-state index contributed by atoms with van der Waals surface area (Å²) in [6.45, 7) is 5.95. The van der Waals surface area contributed by atoms with Crippen molar-refractivity contribution in [3.63, 3.8) is 0 Å². The zero-order chi connectivity index (χ0) is 14.3. The normalized spacial score (nSPS) is 26.1. The Morgan fingerprint density at radius 2 is 1.95 bits per heavy atom. The summed E-state index contributed by atoms with van der Waals surface area (Å²) in [5, 5.41) is 13.7. The number of hydrogen-bond acceptors (Lipinski definition) is 2. The zero-order valence-electron chi connectivity index (χ0n) is 11.5. The molecule has 1 saturated carbocycles. The van der Waals surface area contributed by atoms with Gasteiger partial charge in [-0.3, -0.25) is 10.1 Å². The van der Waals surface area contributed by atoms with Gasteiger partial charge in [0.05, 0.1) is 5.41 Å². The zero-order valence-corrected chi connectivity index (χ0v) is 11.5. The number of nitro groups is 1. The summed E-state index contributed by atoms with van der Waals surface area (Å²) in [5.74, 6) is 0. The Labute approximate surface area is 118 Å². The summed E-state index contributed by atoms with van der Waals surface area (Å²) in [4.78, 5) is 11.2. The van der Waals surface area contributed by atoms with E-state index in [-0.39, 0.29) is 4.92 Å². The van der Waals surface area contributed by atoms with E-state index in [1.807, 2.05) is 37.3 Å². The molecule has 0 spiro atoms.